The van der Waals surface area contributed by atoms with E-state index in [0.29, 0.717) is 23.7 Å². The van der Waals surface area contributed by atoms with E-state index in [2.05, 4.69) is 6.58 Å². The summed E-state index contributed by atoms with van der Waals surface area (Å²) in [5, 5.41) is 0. The van der Waals surface area contributed by atoms with E-state index < -0.39 is 0 Å². The molecule has 0 atom stereocenters. The van der Waals surface area contributed by atoms with E-state index >= 15 is 0 Å². The van der Waals surface area contributed by atoms with Crippen LogP contribution < -0.4 is 20.1 Å². The summed E-state index contributed by atoms with van der Waals surface area (Å²) in [6.45, 7) is 12.0. The van der Waals surface area contributed by atoms with Crippen LogP contribution >= 0.6 is 0 Å². The fourth-order valence-electron chi connectivity index (χ4n) is 1.58. The number of carbonyl (C=O) groups excluding carboxylic acids is 1. The van der Waals surface area contributed by atoms with Gasteiger partial charge in [-0.2, -0.15) is 0 Å². The summed E-state index contributed by atoms with van der Waals surface area (Å²) in [5.41, 5.74) is 6.08. The Morgan fingerprint density at radius 3 is 2.14 bits per heavy atom. The SMILES string of the molecule is C=CCN(C(=O)CN)c1ccc(OC)c(OC)c1.CC.CC. The molecule has 5 heteroatoms. The number of nitrogens with zero attached hydrogens (tertiary/aromatic N) is 1. The van der Waals surface area contributed by atoms with Crippen molar-refractivity contribution in [3.05, 3.63) is 30.9 Å². The van der Waals surface area contributed by atoms with Crippen LogP contribution in [0.1, 0.15) is 27.7 Å². The predicted molar refractivity (Wildman–Crippen MR) is 93.8 cm³/mol. The lowest BCUT2D eigenvalue weighted by Crippen LogP contribution is -2.36. The second-order valence-electron chi connectivity index (χ2n) is 3.54. The number of methoxy groups -OCH3 is 2. The van der Waals surface area contributed by atoms with Crippen LogP contribution in [0.3, 0.4) is 0 Å². The maximum Gasteiger partial charge on any atom is 0.241 e. The monoisotopic (exact) mass is 310 g/mol. The zero-order valence-electron chi connectivity index (χ0n) is 14.7. The number of rotatable bonds is 6. The molecule has 0 fully saturated rings. The fraction of sp³-hybridized carbons (Fsp3) is 0.471. The van der Waals surface area contributed by atoms with Crippen LogP contribution in [0, 0.1) is 0 Å². The molecule has 0 saturated heterocycles. The molecular weight excluding hydrogens is 280 g/mol. The second-order valence-corrected chi connectivity index (χ2v) is 3.54. The van der Waals surface area contributed by atoms with Crippen molar-refractivity contribution in [3.63, 3.8) is 0 Å². The Morgan fingerprint density at radius 2 is 1.73 bits per heavy atom. The minimum atomic E-state index is -0.179. The Hall–Kier alpha value is -2.01. The van der Waals surface area contributed by atoms with Gasteiger partial charge < -0.3 is 20.1 Å². The molecule has 1 rings (SSSR count). The molecule has 0 spiro atoms. The lowest BCUT2D eigenvalue weighted by molar-refractivity contribution is -0.117. The van der Waals surface area contributed by atoms with Crippen LogP contribution in [0.15, 0.2) is 30.9 Å². The van der Waals surface area contributed by atoms with Crippen molar-refractivity contribution < 1.29 is 14.3 Å². The third-order valence-corrected chi connectivity index (χ3v) is 2.47. The molecule has 0 aliphatic rings. The third-order valence-electron chi connectivity index (χ3n) is 2.47. The second kappa shape index (κ2) is 13.9. The molecule has 0 unspecified atom stereocenters. The predicted octanol–water partition coefficient (Wildman–Crippen LogP) is 3.23. The molecule has 22 heavy (non-hydrogen) atoms. The fourth-order valence-corrected chi connectivity index (χ4v) is 1.58. The number of hydrogen-bond acceptors (Lipinski definition) is 4. The third kappa shape index (κ3) is 6.63. The average Bonchev–Trinajstić information content (AvgIpc) is 2.61. The van der Waals surface area contributed by atoms with Gasteiger partial charge in [-0.25, -0.2) is 0 Å². The first kappa shape index (κ1) is 22.3. The lowest BCUT2D eigenvalue weighted by Gasteiger charge is -2.21. The Labute approximate surface area is 134 Å². The van der Waals surface area contributed by atoms with Crippen molar-refractivity contribution in [1.82, 2.24) is 0 Å². The Morgan fingerprint density at radius 1 is 1.18 bits per heavy atom. The topological polar surface area (TPSA) is 64.8 Å². The van der Waals surface area contributed by atoms with E-state index in [9.17, 15) is 4.79 Å². The lowest BCUT2D eigenvalue weighted by atomic mass is 10.2. The quantitative estimate of drug-likeness (QED) is 0.819. The number of benzene rings is 1. The van der Waals surface area contributed by atoms with Crippen molar-refractivity contribution in [2.45, 2.75) is 27.7 Å². The molecule has 0 aliphatic heterocycles. The molecule has 2 N–H and O–H groups in total. The summed E-state index contributed by atoms with van der Waals surface area (Å²) in [5.74, 6) is 0.996. The van der Waals surface area contributed by atoms with Gasteiger partial charge in [0.25, 0.3) is 0 Å². The number of hydrogen-bond donors (Lipinski definition) is 1. The average molecular weight is 310 g/mol. The van der Waals surface area contributed by atoms with E-state index in [1.54, 1.807) is 38.5 Å². The highest BCUT2D eigenvalue weighted by atomic mass is 16.5. The van der Waals surface area contributed by atoms with E-state index in [1.165, 1.54) is 4.90 Å². The Kier molecular flexibility index (Phi) is 14.1. The maximum atomic E-state index is 11.7. The van der Waals surface area contributed by atoms with Gasteiger partial charge in [-0.15, -0.1) is 6.58 Å². The highest BCUT2D eigenvalue weighted by molar-refractivity contribution is 5.95. The van der Waals surface area contributed by atoms with Gasteiger partial charge in [-0.3, -0.25) is 4.79 Å². The van der Waals surface area contributed by atoms with Crippen molar-refractivity contribution in [2.75, 3.05) is 32.2 Å². The van der Waals surface area contributed by atoms with Gasteiger partial charge in [0.2, 0.25) is 5.91 Å². The van der Waals surface area contributed by atoms with Crippen LogP contribution in [0.4, 0.5) is 5.69 Å². The summed E-state index contributed by atoms with van der Waals surface area (Å²) in [4.78, 5) is 13.3. The van der Waals surface area contributed by atoms with Gasteiger partial charge in [-0.1, -0.05) is 33.8 Å². The van der Waals surface area contributed by atoms with Gasteiger partial charge in [0, 0.05) is 18.3 Å². The molecule has 1 amide bonds. The maximum absolute atomic E-state index is 11.7. The molecule has 0 heterocycles. The van der Waals surface area contributed by atoms with Crippen molar-refractivity contribution in [2.24, 2.45) is 5.73 Å². The van der Waals surface area contributed by atoms with Crippen molar-refractivity contribution >= 4 is 11.6 Å². The summed E-state index contributed by atoms with van der Waals surface area (Å²) in [6.07, 6.45) is 1.64. The van der Waals surface area contributed by atoms with E-state index in [4.69, 9.17) is 15.2 Å². The molecule has 0 aromatic heterocycles. The minimum Gasteiger partial charge on any atom is -0.493 e. The number of carbonyl (C=O) groups is 1. The van der Waals surface area contributed by atoms with Gasteiger partial charge >= 0.3 is 0 Å². The first-order valence-electron chi connectivity index (χ1n) is 7.51. The number of amides is 1. The largest absolute Gasteiger partial charge is 0.493 e. The molecule has 1 aromatic carbocycles. The van der Waals surface area contributed by atoms with Crippen LogP contribution in [0.25, 0.3) is 0 Å². The molecule has 126 valence electrons. The van der Waals surface area contributed by atoms with Crippen molar-refractivity contribution in [3.8, 4) is 11.5 Å². The van der Waals surface area contributed by atoms with Crippen LogP contribution in [0.5, 0.6) is 11.5 Å². The van der Waals surface area contributed by atoms with Crippen molar-refractivity contribution in [1.29, 1.82) is 0 Å². The zero-order valence-corrected chi connectivity index (χ0v) is 14.7. The summed E-state index contributed by atoms with van der Waals surface area (Å²) >= 11 is 0. The Bertz CT molecular complexity index is 434. The van der Waals surface area contributed by atoms with Crippen LogP contribution in [0.2, 0.25) is 0 Å². The van der Waals surface area contributed by atoms with Gasteiger partial charge in [0.05, 0.1) is 20.8 Å². The van der Waals surface area contributed by atoms with E-state index in [1.807, 2.05) is 27.7 Å². The number of anilines is 1. The smallest absolute Gasteiger partial charge is 0.241 e. The highest BCUT2D eigenvalue weighted by Crippen LogP contribution is 2.31. The summed E-state index contributed by atoms with van der Waals surface area (Å²) in [6, 6.07) is 5.25. The first-order chi connectivity index (χ1) is 10.7. The molecular formula is C17H30N2O3. The first-order valence-corrected chi connectivity index (χ1v) is 7.51. The van der Waals surface area contributed by atoms with Gasteiger partial charge in [0.15, 0.2) is 11.5 Å². The van der Waals surface area contributed by atoms with Gasteiger partial charge in [-0.05, 0) is 12.1 Å². The minimum absolute atomic E-state index is 0.0534. The molecule has 0 aliphatic carbocycles. The van der Waals surface area contributed by atoms with E-state index in [0.717, 1.165) is 0 Å². The van der Waals surface area contributed by atoms with Crippen LogP contribution in [-0.2, 0) is 4.79 Å². The molecule has 0 bridgehead atoms. The zero-order chi connectivity index (χ0) is 17.5. The molecule has 0 saturated carbocycles. The standard InChI is InChI=1S/C13H18N2O3.2C2H6/c1-4-7-15(13(16)9-14)10-5-6-11(17-2)12(8-10)18-3;2*1-2/h4-6,8H,1,7,9,14H2,2-3H3;2*1-2H3. The summed E-state index contributed by atoms with van der Waals surface area (Å²) < 4.78 is 10.3. The van der Waals surface area contributed by atoms with Crippen LogP contribution in [-0.4, -0.2) is 33.2 Å². The van der Waals surface area contributed by atoms with E-state index in [-0.39, 0.29) is 12.5 Å². The molecule has 1 aromatic rings. The van der Waals surface area contributed by atoms with Gasteiger partial charge in [0.1, 0.15) is 0 Å². The Balaban J connectivity index is 0. The molecule has 5 nitrogen and oxygen atoms in total. The molecule has 0 radical (unpaired) electrons. The highest BCUT2D eigenvalue weighted by Gasteiger charge is 2.15. The summed E-state index contributed by atoms with van der Waals surface area (Å²) in [7, 11) is 3.11. The normalized spacial score (nSPS) is 8.50. The number of nitrogens with two attached hydrogens (primary N) is 1. The number of ether oxygens (including phenoxy) is 2.